The zero-order chi connectivity index (χ0) is 12.3. The van der Waals surface area contributed by atoms with Crippen LogP contribution >= 0.6 is 0 Å². The molecular weight excluding hydrogens is 238 g/mol. The highest BCUT2D eigenvalue weighted by Crippen LogP contribution is 2.15. The number of aryl methyl sites for hydroxylation is 1. The maximum Gasteiger partial charge on any atom is 0.278 e. The predicted molar refractivity (Wildman–Crippen MR) is 65.2 cm³/mol. The zero-order valence-corrected chi connectivity index (χ0v) is 10.2. The van der Waals surface area contributed by atoms with Gasteiger partial charge in [-0.25, -0.2) is 0 Å². The topological polar surface area (TPSA) is 74.8 Å². The lowest BCUT2D eigenvalue weighted by molar-refractivity contribution is 0.597. The van der Waals surface area contributed by atoms with E-state index in [9.17, 15) is 8.42 Å². The van der Waals surface area contributed by atoms with Crippen LogP contribution < -0.4 is 4.72 Å². The number of rotatable bonds is 4. The van der Waals surface area contributed by atoms with Crippen LogP contribution in [0.1, 0.15) is 12.5 Å². The molecule has 6 heteroatoms. The Balaban J connectivity index is 2.26. The molecule has 5 nitrogen and oxygen atoms in total. The Morgan fingerprint density at radius 2 is 2.18 bits per heavy atom. The fourth-order valence-corrected chi connectivity index (χ4v) is 2.42. The molecule has 0 aliphatic carbocycles. The van der Waals surface area contributed by atoms with Gasteiger partial charge in [-0.1, -0.05) is 19.1 Å². The molecule has 0 amide bonds. The third-order valence-corrected chi connectivity index (χ3v) is 3.66. The Morgan fingerprint density at radius 1 is 1.35 bits per heavy atom. The number of aromatic amines is 1. The lowest BCUT2D eigenvalue weighted by Gasteiger charge is -2.07. The normalized spacial score (nSPS) is 11.4. The van der Waals surface area contributed by atoms with Gasteiger partial charge in [-0.15, -0.1) is 0 Å². The molecule has 2 aromatic rings. The van der Waals surface area contributed by atoms with Crippen molar-refractivity contribution in [3.05, 3.63) is 42.1 Å². The molecule has 2 N–H and O–H groups in total. The minimum absolute atomic E-state index is 0.0550. The van der Waals surface area contributed by atoms with Gasteiger partial charge in [0.2, 0.25) is 0 Å². The second kappa shape index (κ2) is 4.58. The fraction of sp³-hybridized carbons (Fsp3) is 0.182. The minimum atomic E-state index is -3.56. The number of nitrogens with one attached hydrogen (secondary N) is 2. The molecule has 0 radical (unpaired) electrons. The van der Waals surface area contributed by atoms with Gasteiger partial charge >= 0.3 is 0 Å². The molecule has 0 bridgehead atoms. The first-order valence-corrected chi connectivity index (χ1v) is 6.71. The van der Waals surface area contributed by atoms with Crippen molar-refractivity contribution in [2.24, 2.45) is 0 Å². The monoisotopic (exact) mass is 251 g/mol. The van der Waals surface area contributed by atoms with E-state index in [-0.39, 0.29) is 5.03 Å². The first-order valence-electron chi connectivity index (χ1n) is 5.23. The molecule has 0 atom stereocenters. The maximum absolute atomic E-state index is 11.9. The molecule has 2 rings (SSSR count). The Labute approximate surface area is 99.9 Å². The average Bonchev–Trinajstić information content (AvgIpc) is 2.83. The van der Waals surface area contributed by atoms with Crippen molar-refractivity contribution in [2.45, 2.75) is 18.4 Å². The SMILES string of the molecule is CCc1cccc(NS(=O)(=O)c2ccn[nH]2)c1. The van der Waals surface area contributed by atoms with Crippen molar-refractivity contribution >= 4 is 15.7 Å². The Morgan fingerprint density at radius 3 is 2.82 bits per heavy atom. The number of hydrogen-bond donors (Lipinski definition) is 2. The van der Waals surface area contributed by atoms with Crippen LogP contribution in [0, 0.1) is 0 Å². The van der Waals surface area contributed by atoms with E-state index < -0.39 is 10.0 Å². The van der Waals surface area contributed by atoms with Gasteiger partial charge in [0.1, 0.15) is 0 Å². The van der Waals surface area contributed by atoms with Crippen LogP contribution in [0.25, 0.3) is 0 Å². The summed E-state index contributed by atoms with van der Waals surface area (Å²) >= 11 is 0. The third-order valence-electron chi connectivity index (χ3n) is 2.35. The average molecular weight is 251 g/mol. The number of H-pyrrole nitrogens is 1. The first-order chi connectivity index (χ1) is 8.12. The molecule has 0 saturated carbocycles. The Hall–Kier alpha value is -1.82. The van der Waals surface area contributed by atoms with Crippen LogP contribution in [0.5, 0.6) is 0 Å². The number of aromatic nitrogens is 2. The van der Waals surface area contributed by atoms with E-state index in [1.807, 2.05) is 25.1 Å². The molecule has 90 valence electrons. The van der Waals surface area contributed by atoms with Crippen molar-refractivity contribution in [2.75, 3.05) is 4.72 Å². The second-order valence-corrected chi connectivity index (χ2v) is 5.23. The molecule has 1 aromatic carbocycles. The number of anilines is 1. The van der Waals surface area contributed by atoms with Gasteiger partial charge in [0.15, 0.2) is 5.03 Å². The molecule has 0 unspecified atom stereocenters. The predicted octanol–water partition coefficient (Wildman–Crippen LogP) is 1.77. The van der Waals surface area contributed by atoms with Crippen molar-refractivity contribution in [3.63, 3.8) is 0 Å². The van der Waals surface area contributed by atoms with E-state index in [0.717, 1.165) is 12.0 Å². The van der Waals surface area contributed by atoms with Gasteiger partial charge in [-0.05, 0) is 30.2 Å². The van der Waals surface area contributed by atoms with Crippen molar-refractivity contribution in [1.29, 1.82) is 0 Å². The standard InChI is InChI=1S/C11H13N3O2S/c1-2-9-4-3-5-10(8-9)14-17(15,16)11-6-7-12-13-11/h3-8,14H,2H2,1H3,(H,12,13). The summed E-state index contributed by atoms with van der Waals surface area (Å²) in [6.07, 6.45) is 2.26. The summed E-state index contributed by atoms with van der Waals surface area (Å²) in [5.74, 6) is 0. The van der Waals surface area contributed by atoms with Crippen molar-refractivity contribution in [3.8, 4) is 0 Å². The fourth-order valence-electron chi connectivity index (χ4n) is 1.46. The van der Waals surface area contributed by atoms with Crippen LogP contribution in [0.15, 0.2) is 41.6 Å². The highest BCUT2D eigenvalue weighted by Gasteiger charge is 2.15. The third kappa shape index (κ3) is 2.65. The molecule has 1 heterocycles. The summed E-state index contributed by atoms with van der Waals surface area (Å²) in [4.78, 5) is 0. The zero-order valence-electron chi connectivity index (χ0n) is 9.34. The molecule has 17 heavy (non-hydrogen) atoms. The largest absolute Gasteiger partial charge is 0.278 e. The molecule has 1 aromatic heterocycles. The molecular formula is C11H13N3O2S. The van der Waals surface area contributed by atoms with Crippen LogP contribution in [-0.2, 0) is 16.4 Å². The lowest BCUT2D eigenvalue weighted by Crippen LogP contribution is -2.13. The van der Waals surface area contributed by atoms with E-state index >= 15 is 0 Å². The van der Waals surface area contributed by atoms with Gasteiger partial charge in [0, 0.05) is 5.69 Å². The molecule has 0 spiro atoms. The van der Waals surface area contributed by atoms with E-state index in [1.165, 1.54) is 12.3 Å². The Bertz CT molecular complexity index is 591. The van der Waals surface area contributed by atoms with Crippen molar-refractivity contribution < 1.29 is 8.42 Å². The summed E-state index contributed by atoms with van der Waals surface area (Å²) in [7, 11) is -3.56. The van der Waals surface area contributed by atoms with Gasteiger partial charge < -0.3 is 0 Å². The van der Waals surface area contributed by atoms with E-state index in [1.54, 1.807) is 6.07 Å². The summed E-state index contributed by atoms with van der Waals surface area (Å²) in [5, 5.41) is 6.10. The van der Waals surface area contributed by atoms with Crippen LogP contribution in [0.2, 0.25) is 0 Å². The number of sulfonamides is 1. The number of benzene rings is 1. The highest BCUT2D eigenvalue weighted by atomic mass is 32.2. The van der Waals surface area contributed by atoms with Crippen LogP contribution in [0.3, 0.4) is 0 Å². The second-order valence-electron chi connectivity index (χ2n) is 3.58. The van der Waals surface area contributed by atoms with Gasteiger partial charge in [0.25, 0.3) is 10.0 Å². The van der Waals surface area contributed by atoms with Gasteiger partial charge in [-0.2, -0.15) is 13.5 Å². The van der Waals surface area contributed by atoms with Gasteiger partial charge in [0.05, 0.1) is 6.20 Å². The van der Waals surface area contributed by atoms with E-state index in [4.69, 9.17) is 0 Å². The molecule has 0 aliphatic rings. The summed E-state index contributed by atoms with van der Waals surface area (Å²) in [5.41, 5.74) is 1.63. The summed E-state index contributed by atoms with van der Waals surface area (Å²) < 4.78 is 26.3. The molecule has 0 aliphatic heterocycles. The molecule has 0 fully saturated rings. The van der Waals surface area contributed by atoms with E-state index in [2.05, 4.69) is 14.9 Å². The highest BCUT2D eigenvalue weighted by molar-refractivity contribution is 7.92. The Kier molecular flexibility index (Phi) is 3.14. The smallest absolute Gasteiger partial charge is 0.278 e. The lowest BCUT2D eigenvalue weighted by atomic mass is 10.1. The van der Waals surface area contributed by atoms with Crippen LogP contribution in [0.4, 0.5) is 5.69 Å². The first kappa shape index (κ1) is 11.7. The van der Waals surface area contributed by atoms with Gasteiger partial charge in [-0.3, -0.25) is 9.82 Å². The quantitative estimate of drug-likeness (QED) is 0.869. The molecule has 0 saturated heterocycles. The van der Waals surface area contributed by atoms with Crippen LogP contribution in [-0.4, -0.2) is 18.6 Å². The number of hydrogen-bond acceptors (Lipinski definition) is 3. The maximum atomic E-state index is 11.9. The van der Waals surface area contributed by atoms with Crippen molar-refractivity contribution in [1.82, 2.24) is 10.2 Å². The number of nitrogens with zero attached hydrogens (tertiary/aromatic N) is 1. The summed E-state index contributed by atoms with van der Waals surface area (Å²) in [6.45, 7) is 2.02. The van der Waals surface area contributed by atoms with E-state index in [0.29, 0.717) is 5.69 Å². The summed E-state index contributed by atoms with van der Waals surface area (Å²) in [6, 6.07) is 8.71. The minimum Gasteiger partial charge on any atom is -0.278 e.